The van der Waals surface area contributed by atoms with Gasteiger partial charge in [0.1, 0.15) is 0 Å². The molecule has 2 heteroatoms. The van der Waals surface area contributed by atoms with Crippen molar-refractivity contribution in [1.29, 1.82) is 0 Å². The van der Waals surface area contributed by atoms with E-state index in [-0.39, 0.29) is 6.10 Å². The lowest BCUT2D eigenvalue weighted by molar-refractivity contribution is 0.166. The predicted octanol–water partition coefficient (Wildman–Crippen LogP) is 3.16. The Morgan fingerprint density at radius 3 is 2.93 bits per heavy atom. The molecule has 0 aromatic heterocycles. The van der Waals surface area contributed by atoms with Crippen molar-refractivity contribution in [2.24, 2.45) is 0 Å². The molecule has 1 unspecified atom stereocenters. The van der Waals surface area contributed by atoms with Gasteiger partial charge >= 0.3 is 0 Å². The van der Waals surface area contributed by atoms with E-state index in [1.807, 2.05) is 31.2 Å². The normalized spacial score (nSPS) is 11.7. The summed E-state index contributed by atoms with van der Waals surface area (Å²) < 4.78 is 1.06. The zero-order valence-electron chi connectivity index (χ0n) is 8.83. The number of hydrogen-bond acceptors (Lipinski definition) is 1. The Hall–Kier alpha value is -0.780. The SMILES string of the molecule is CC#CCCC(O)Cc1cccc(Br)c1. The van der Waals surface area contributed by atoms with Crippen LogP contribution in [0.3, 0.4) is 0 Å². The van der Waals surface area contributed by atoms with Gasteiger partial charge in [-0.15, -0.1) is 11.8 Å². The molecular formula is C13H15BrO. The Balaban J connectivity index is 2.42. The highest BCUT2D eigenvalue weighted by atomic mass is 79.9. The molecule has 1 nitrogen and oxygen atoms in total. The second kappa shape index (κ2) is 6.66. The molecule has 1 aromatic carbocycles. The maximum Gasteiger partial charge on any atom is 0.0589 e. The van der Waals surface area contributed by atoms with Crippen LogP contribution in [-0.4, -0.2) is 11.2 Å². The first kappa shape index (κ1) is 12.3. The Morgan fingerprint density at radius 1 is 1.47 bits per heavy atom. The van der Waals surface area contributed by atoms with Crippen molar-refractivity contribution in [2.75, 3.05) is 0 Å². The van der Waals surface area contributed by atoms with Gasteiger partial charge in [-0.2, -0.15) is 0 Å². The molecule has 0 saturated heterocycles. The van der Waals surface area contributed by atoms with Crippen LogP contribution in [0, 0.1) is 11.8 Å². The van der Waals surface area contributed by atoms with E-state index < -0.39 is 0 Å². The number of halogens is 1. The highest BCUT2D eigenvalue weighted by molar-refractivity contribution is 9.10. The summed E-state index contributed by atoms with van der Waals surface area (Å²) in [7, 11) is 0. The van der Waals surface area contributed by atoms with Crippen molar-refractivity contribution in [2.45, 2.75) is 32.3 Å². The minimum Gasteiger partial charge on any atom is -0.393 e. The minimum atomic E-state index is -0.292. The molecule has 0 spiro atoms. The van der Waals surface area contributed by atoms with Gasteiger partial charge in [-0.25, -0.2) is 0 Å². The van der Waals surface area contributed by atoms with Gasteiger partial charge in [0, 0.05) is 10.9 Å². The summed E-state index contributed by atoms with van der Waals surface area (Å²) in [5.74, 6) is 5.78. The molecule has 0 aliphatic carbocycles. The summed E-state index contributed by atoms with van der Waals surface area (Å²) in [4.78, 5) is 0. The standard InChI is InChI=1S/C13H15BrO/c1-2-3-4-8-13(15)10-11-6-5-7-12(14)9-11/h5-7,9,13,15H,4,8,10H2,1H3. The van der Waals surface area contributed by atoms with Crippen LogP contribution in [0.5, 0.6) is 0 Å². The largest absolute Gasteiger partial charge is 0.393 e. The fourth-order valence-corrected chi connectivity index (χ4v) is 1.85. The van der Waals surface area contributed by atoms with Crippen molar-refractivity contribution < 1.29 is 5.11 Å². The molecule has 15 heavy (non-hydrogen) atoms. The Labute approximate surface area is 99.6 Å². The highest BCUT2D eigenvalue weighted by Crippen LogP contribution is 2.14. The third kappa shape index (κ3) is 5.01. The lowest BCUT2D eigenvalue weighted by Crippen LogP contribution is -2.09. The first-order valence-electron chi connectivity index (χ1n) is 5.04. The number of aliphatic hydroxyl groups is 1. The first-order valence-corrected chi connectivity index (χ1v) is 5.84. The lowest BCUT2D eigenvalue weighted by atomic mass is 10.0. The number of rotatable bonds is 4. The number of benzene rings is 1. The number of hydrogen-bond donors (Lipinski definition) is 1. The van der Waals surface area contributed by atoms with Gasteiger partial charge in [0.15, 0.2) is 0 Å². The summed E-state index contributed by atoms with van der Waals surface area (Å²) in [5.41, 5.74) is 1.15. The summed E-state index contributed by atoms with van der Waals surface area (Å²) in [6.45, 7) is 1.82. The van der Waals surface area contributed by atoms with Crippen LogP contribution in [0.25, 0.3) is 0 Å². The average Bonchev–Trinajstić information content (AvgIpc) is 2.18. The molecular weight excluding hydrogens is 252 g/mol. The van der Waals surface area contributed by atoms with E-state index in [9.17, 15) is 5.11 Å². The third-order valence-electron chi connectivity index (χ3n) is 2.14. The second-order valence-corrected chi connectivity index (χ2v) is 4.37. The van der Waals surface area contributed by atoms with Crippen molar-refractivity contribution in [3.05, 3.63) is 34.3 Å². The monoisotopic (exact) mass is 266 g/mol. The van der Waals surface area contributed by atoms with Crippen molar-refractivity contribution in [1.82, 2.24) is 0 Å². The quantitative estimate of drug-likeness (QED) is 0.831. The summed E-state index contributed by atoms with van der Waals surface area (Å²) in [6, 6.07) is 8.03. The maximum absolute atomic E-state index is 9.74. The summed E-state index contributed by atoms with van der Waals surface area (Å²) in [5, 5.41) is 9.74. The molecule has 0 heterocycles. The van der Waals surface area contributed by atoms with Crippen LogP contribution >= 0.6 is 15.9 Å². The molecule has 1 N–H and O–H groups in total. The molecule has 0 bridgehead atoms. The Morgan fingerprint density at radius 2 is 2.27 bits per heavy atom. The third-order valence-corrected chi connectivity index (χ3v) is 2.63. The molecule has 80 valence electrons. The predicted molar refractivity (Wildman–Crippen MR) is 66.5 cm³/mol. The fraction of sp³-hybridized carbons (Fsp3) is 0.385. The van der Waals surface area contributed by atoms with Crippen LogP contribution in [0.15, 0.2) is 28.7 Å². The molecule has 0 aliphatic rings. The van der Waals surface area contributed by atoms with Crippen molar-refractivity contribution >= 4 is 15.9 Å². The molecule has 1 rings (SSSR count). The highest BCUT2D eigenvalue weighted by Gasteiger charge is 2.04. The molecule has 1 atom stereocenters. The van der Waals surface area contributed by atoms with Gasteiger partial charge < -0.3 is 5.11 Å². The smallest absolute Gasteiger partial charge is 0.0589 e. The van der Waals surface area contributed by atoms with E-state index in [1.54, 1.807) is 0 Å². The Bertz CT molecular complexity index is 362. The maximum atomic E-state index is 9.74. The van der Waals surface area contributed by atoms with E-state index in [2.05, 4.69) is 27.8 Å². The van der Waals surface area contributed by atoms with E-state index >= 15 is 0 Å². The fourth-order valence-electron chi connectivity index (χ4n) is 1.40. The number of aliphatic hydroxyl groups excluding tert-OH is 1. The summed E-state index contributed by atoms with van der Waals surface area (Å²) >= 11 is 3.41. The molecule has 0 radical (unpaired) electrons. The van der Waals surface area contributed by atoms with Crippen molar-refractivity contribution in [3.8, 4) is 11.8 Å². The van der Waals surface area contributed by atoms with Crippen LogP contribution in [0.2, 0.25) is 0 Å². The Kier molecular flexibility index (Phi) is 5.45. The zero-order valence-corrected chi connectivity index (χ0v) is 10.4. The minimum absolute atomic E-state index is 0.292. The van der Waals surface area contributed by atoms with Gasteiger partial charge in [0.2, 0.25) is 0 Å². The van der Waals surface area contributed by atoms with Gasteiger partial charge in [-0.05, 0) is 37.5 Å². The van der Waals surface area contributed by atoms with Crippen LogP contribution < -0.4 is 0 Å². The van der Waals surface area contributed by atoms with E-state index in [0.717, 1.165) is 22.9 Å². The zero-order chi connectivity index (χ0) is 11.1. The van der Waals surface area contributed by atoms with Gasteiger partial charge in [-0.3, -0.25) is 0 Å². The van der Waals surface area contributed by atoms with Crippen molar-refractivity contribution in [3.63, 3.8) is 0 Å². The lowest BCUT2D eigenvalue weighted by Gasteiger charge is -2.08. The van der Waals surface area contributed by atoms with Crippen LogP contribution in [0.1, 0.15) is 25.3 Å². The van der Waals surface area contributed by atoms with E-state index in [0.29, 0.717) is 6.42 Å². The molecule has 0 amide bonds. The van der Waals surface area contributed by atoms with E-state index in [1.165, 1.54) is 0 Å². The molecule has 0 saturated carbocycles. The van der Waals surface area contributed by atoms with Gasteiger partial charge in [-0.1, -0.05) is 28.1 Å². The van der Waals surface area contributed by atoms with Gasteiger partial charge in [0.25, 0.3) is 0 Å². The van der Waals surface area contributed by atoms with E-state index in [4.69, 9.17) is 0 Å². The molecule has 0 aliphatic heterocycles. The summed E-state index contributed by atoms with van der Waals surface area (Å²) in [6.07, 6.45) is 1.92. The first-order chi connectivity index (χ1) is 7.22. The average molecular weight is 267 g/mol. The molecule has 0 fully saturated rings. The van der Waals surface area contributed by atoms with Crippen LogP contribution in [-0.2, 0) is 6.42 Å². The van der Waals surface area contributed by atoms with Gasteiger partial charge in [0.05, 0.1) is 6.10 Å². The van der Waals surface area contributed by atoms with Crippen LogP contribution in [0.4, 0.5) is 0 Å². The molecule has 1 aromatic rings. The second-order valence-electron chi connectivity index (χ2n) is 3.45. The topological polar surface area (TPSA) is 20.2 Å².